The second-order valence-corrected chi connectivity index (χ2v) is 9.34. The smallest absolute Gasteiger partial charge is 0.273 e. The van der Waals surface area contributed by atoms with E-state index in [1.807, 2.05) is 48.5 Å². The van der Waals surface area contributed by atoms with E-state index in [1.165, 1.54) is 5.56 Å². The third-order valence-electron chi connectivity index (χ3n) is 6.15. The first-order chi connectivity index (χ1) is 17.1. The van der Waals surface area contributed by atoms with Crippen LogP contribution in [0.3, 0.4) is 0 Å². The topological polar surface area (TPSA) is 64.4 Å². The molecular weight excluding hydrogens is 456 g/mol. The normalized spacial score (nSPS) is 11.0. The number of nitro benzene ring substituents is 1. The molecule has 0 atom stereocenters. The first kappa shape index (κ1) is 22.7. The number of benzene rings is 5. The van der Waals surface area contributed by atoms with Crippen LogP contribution in [-0.4, -0.2) is 12.0 Å². The summed E-state index contributed by atoms with van der Waals surface area (Å²) >= 11 is 1.57. The van der Waals surface area contributed by atoms with Gasteiger partial charge in [-0.2, -0.15) is 0 Å². The summed E-state index contributed by atoms with van der Waals surface area (Å²) in [6.07, 6.45) is 0. The molecule has 0 bridgehead atoms. The fourth-order valence-corrected chi connectivity index (χ4v) is 5.54. The van der Waals surface area contributed by atoms with Gasteiger partial charge >= 0.3 is 0 Å². The predicted molar refractivity (Wildman–Crippen MR) is 144 cm³/mol. The zero-order valence-corrected chi connectivity index (χ0v) is 20.3. The Kier molecular flexibility index (Phi) is 6.29. The van der Waals surface area contributed by atoms with Gasteiger partial charge in [0.1, 0.15) is 5.75 Å². The standard InChI is InChI=1S/C29H24N2O3S/c1-19-15-16-20(17-27(19)31(32)33)35-29-23-11-5-3-9-21(23)25(22-10-4-6-12-24(22)29)18-30-26-13-7-8-14-28(26)34-2/h3-17,30H,18H2,1-2H3. The Morgan fingerprint density at radius 2 is 1.46 bits per heavy atom. The Morgan fingerprint density at radius 1 is 0.857 bits per heavy atom. The molecule has 0 fully saturated rings. The lowest BCUT2D eigenvalue weighted by Crippen LogP contribution is -2.03. The third kappa shape index (κ3) is 4.40. The number of aryl methyl sites for hydroxylation is 1. The van der Waals surface area contributed by atoms with Crippen molar-refractivity contribution < 1.29 is 9.66 Å². The van der Waals surface area contributed by atoms with E-state index in [0.717, 1.165) is 42.8 Å². The van der Waals surface area contributed by atoms with Gasteiger partial charge in [-0.25, -0.2) is 0 Å². The zero-order valence-electron chi connectivity index (χ0n) is 19.4. The van der Waals surface area contributed by atoms with E-state index in [1.54, 1.807) is 31.9 Å². The van der Waals surface area contributed by atoms with Crippen molar-refractivity contribution in [2.24, 2.45) is 0 Å². The molecule has 5 rings (SSSR count). The van der Waals surface area contributed by atoms with Gasteiger partial charge in [0.2, 0.25) is 0 Å². The van der Waals surface area contributed by atoms with Gasteiger partial charge in [-0.3, -0.25) is 10.1 Å². The van der Waals surface area contributed by atoms with Crippen LogP contribution in [0.25, 0.3) is 21.5 Å². The maximum absolute atomic E-state index is 11.5. The number of anilines is 1. The highest BCUT2D eigenvalue weighted by atomic mass is 32.2. The Labute approximate surface area is 207 Å². The predicted octanol–water partition coefficient (Wildman–Crippen LogP) is 7.98. The zero-order chi connectivity index (χ0) is 24.4. The third-order valence-corrected chi connectivity index (χ3v) is 7.29. The number of hydrogen-bond acceptors (Lipinski definition) is 5. The molecule has 0 saturated heterocycles. The molecular formula is C29H24N2O3S. The molecule has 0 unspecified atom stereocenters. The number of rotatable bonds is 7. The molecule has 5 aromatic rings. The first-order valence-electron chi connectivity index (χ1n) is 11.3. The van der Waals surface area contributed by atoms with Crippen molar-refractivity contribution in [1.29, 1.82) is 0 Å². The first-order valence-corrected chi connectivity index (χ1v) is 12.1. The van der Waals surface area contributed by atoms with Gasteiger partial charge in [0, 0.05) is 28.0 Å². The van der Waals surface area contributed by atoms with E-state index in [-0.39, 0.29) is 10.6 Å². The van der Waals surface area contributed by atoms with Crippen molar-refractivity contribution in [3.05, 3.63) is 112 Å². The number of nitrogens with one attached hydrogen (secondary N) is 1. The SMILES string of the molecule is COc1ccccc1NCc1c2ccccc2c(Sc2ccc(C)c([N+](=O)[O-])c2)c2ccccc12. The molecule has 0 aromatic heterocycles. The maximum atomic E-state index is 11.5. The summed E-state index contributed by atoms with van der Waals surface area (Å²) in [6, 6.07) is 30.0. The quantitative estimate of drug-likeness (QED) is 0.145. The van der Waals surface area contributed by atoms with E-state index in [0.29, 0.717) is 12.1 Å². The van der Waals surface area contributed by atoms with Crippen LogP contribution < -0.4 is 10.1 Å². The average Bonchev–Trinajstić information content (AvgIpc) is 2.89. The van der Waals surface area contributed by atoms with Crippen molar-refractivity contribution in [1.82, 2.24) is 0 Å². The summed E-state index contributed by atoms with van der Waals surface area (Å²) in [5.41, 5.74) is 2.93. The van der Waals surface area contributed by atoms with E-state index in [4.69, 9.17) is 4.74 Å². The second kappa shape index (κ2) is 9.68. The minimum absolute atomic E-state index is 0.140. The van der Waals surface area contributed by atoms with Gasteiger partial charge in [-0.05, 0) is 52.2 Å². The van der Waals surface area contributed by atoms with Crippen LogP contribution in [0.15, 0.2) is 101 Å². The van der Waals surface area contributed by atoms with Crippen molar-refractivity contribution >= 4 is 44.7 Å². The number of nitro groups is 1. The van der Waals surface area contributed by atoms with Crippen molar-refractivity contribution in [2.75, 3.05) is 12.4 Å². The summed E-state index contributed by atoms with van der Waals surface area (Å²) in [4.78, 5) is 13.1. The van der Waals surface area contributed by atoms with Crippen molar-refractivity contribution in [2.45, 2.75) is 23.3 Å². The van der Waals surface area contributed by atoms with E-state index >= 15 is 0 Å². The van der Waals surface area contributed by atoms with E-state index < -0.39 is 0 Å². The lowest BCUT2D eigenvalue weighted by Gasteiger charge is -2.18. The minimum atomic E-state index is -0.317. The molecule has 5 nitrogen and oxygen atoms in total. The Hall–Kier alpha value is -4.03. The fourth-order valence-electron chi connectivity index (χ4n) is 4.42. The number of nitrogens with zero attached hydrogens (tertiary/aromatic N) is 1. The summed E-state index contributed by atoms with van der Waals surface area (Å²) in [5, 5.41) is 19.6. The van der Waals surface area contributed by atoms with Gasteiger partial charge < -0.3 is 10.1 Å². The fraction of sp³-hybridized carbons (Fsp3) is 0.103. The Bertz CT molecular complexity index is 1510. The Morgan fingerprint density at radius 3 is 2.09 bits per heavy atom. The monoisotopic (exact) mass is 480 g/mol. The van der Waals surface area contributed by atoms with Gasteiger partial charge in [0.15, 0.2) is 0 Å². The molecule has 0 aliphatic carbocycles. The summed E-state index contributed by atoms with van der Waals surface area (Å²) < 4.78 is 5.52. The average molecular weight is 481 g/mol. The lowest BCUT2D eigenvalue weighted by molar-refractivity contribution is -0.385. The molecule has 0 aliphatic rings. The molecule has 0 saturated carbocycles. The van der Waals surface area contributed by atoms with Gasteiger partial charge in [0.25, 0.3) is 5.69 Å². The molecule has 5 aromatic carbocycles. The molecule has 1 N–H and O–H groups in total. The maximum Gasteiger partial charge on any atom is 0.273 e. The molecule has 0 spiro atoms. The number of ether oxygens (including phenoxy) is 1. The van der Waals surface area contributed by atoms with Crippen LogP contribution in [-0.2, 0) is 6.54 Å². The van der Waals surface area contributed by atoms with Crippen LogP contribution in [0.1, 0.15) is 11.1 Å². The lowest BCUT2D eigenvalue weighted by atomic mass is 9.96. The van der Waals surface area contributed by atoms with Crippen molar-refractivity contribution in [3.8, 4) is 5.75 Å². The Balaban J connectivity index is 1.64. The van der Waals surface area contributed by atoms with Crippen molar-refractivity contribution in [3.63, 3.8) is 0 Å². The van der Waals surface area contributed by atoms with E-state index in [9.17, 15) is 10.1 Å². The molecule has 0 aliphatic heterocycles. The highest BCUT2D eigenvalue weighted by molar-refractivity contribution is 7.99. The van der Waals surface area contributed by atoms with E-state index in [2.05, 4.69) is 41.7 Å². The highest BCUT2D eigenvalue weighted by Gasteiger charge is 2.17. The van der Waals surface area contributed by atoms with Gasteiger partial charge in [-0.15, -0.1) is 0 Å². The molecule has 174 valence electrons. The van der Waals surface area contributed by atoms with Crippen LogP contribution in [0.5, 0.6) is 5.75 Å². The number of hydrogen-bond donors (Lipinski definition) is 1. The summed E-state index contributed by atoms with van der Waals surface area (Å²) in [6.45, 7) is 2.39. The molecule has 0 amide bonds. The van der Waals surface area contributed by atoms with Crippen LogP contribution in [0.2, 0.25) is 0 Å². The number of methoxy groups -OCH3 is 1. The number of para-hydroxylation sites is 2. The van der Waals surface area contributed by atoms with Crippen LogP contribution >= 0.6 is 11.8 Å². The van der Waals surface area contributed by atoms with Gasteiger partial charge in [-0.1, -0.05) is 78.5 Å². The molecule has 0 radical (unpaired) electrons. The van der Waals surface area contributed by atoms with Crippen LogP contribution in [0, 0.1) is 17.0 Å². The molecule has 0 heterocycles. The highest BCUT2D eigenvalue weighted by Crippen LogP contribution is 2.43. The molecule has 35 heavy (non-hydrogen) atoms. The number of fused-ring (bicyclic) bond motifs is 2. The molecule has 6 heteroatoms. The summed E-state index contributed by atoms with van der Waals surface area (Å²) in [5.74, 6) is 0.800. The largest absolute Gasteiger partial charge is 0.495 e. The second-order valence-electron chi connectivity index (χ2n) is 8.26. The van der Waals surface area contributed by atoms with Crippen LogP contribution in [0.4, 0.5) is 11.4 Å². The summed E-state index contributed by atoms with van der Waals surface area (Å²) in [7, 11) is 1.67. The van der Waals surface area contributed by atoms with Gasteiger partial charge in [0.05, 0.1) is 17.7 Å². The minimum Gasteiger partial charge on any atom is -0.495 e.